The summed E-state index contributed by atoms with van der Waals surface area (Å²) >= 11 is 4.06. The van der Waals surface area contributed by atoms with Crippen molar-refractivity contribution in [3.63, 3.8) is 0 Å². The maximum atomic E-state index is 12.2. The van der Waals surface area contributed by atoms with Crippen LogP contribution in [0.25, 0.3) is 0 Å². The van der Waals surface area contributed by atoms with Crippen LogP contribution in [-0.4, -0.2) is 28.1 Å². The Morgan fingerprint density at radius 2 is 1.95 bits per heavy atom. The van der Waals surface area contributed by atoms with E-state index in [2.05, 4.69) is 27.9 Å². The lowest BCUT2D eigenvalue weighted by molar-refractivity contribution is -0.141. The number of aromatic hydroxyl groups is 1. The van der Waals surface area contributed by atoms with Gasteiger partial charge in [0.1, 0.15) is 5.75 Å². The van der Waals surface area contributed by atoms with Crippen molar-refractivity contribution in [1.29, 1.82) is 0 Å². The van der Waals surface area contributed by atoms with Gasteiger partial charge in [-0.25, -0.2) is 0 Å². The van der Waals surface area contributed by atoms with Gasteiger partial charge in [0.25, 0.3) is 5.91 Å². The molecule has 0 heterocycles. The summed E-state index contributed by atoms with van der Waals surface area (Å²) in [7, 11) is 0. The summed E-state index contributed by atoms with van der Waals surface area (Å²) < 4.78 is 1.49. The molecular weight excluding hydrogens is 488 g/mol. The molecule has 7 heteroatoms. The third kappa shape index (κ3) is 3.54. The molecule has 0 aromatic heterocycles. The van der Waals surface area contributed by atoms with Gasteiger partial charge in [0, 0.05) is 9.61 Å². The predicted octanol–water partition coefficient (Wildman–Crippen LogP) is 2.58. The number of phenolic OH excluding ortho intramolecular Hbond substituents is 1. The standard InChI is InChI=1S/C13H13I2NO4/c14-7-4-9(11(17)10(15)5-7)12(18)16-8-2-1-6(3-8)13(19)20/h4-6,8,17H,1-3H2,(H,16,18)(H,19,20). The fraction of sp³-hybridized carbons (Fsp3) is 0.385. The number of carbonyl (C=O) groups excluding carboxylic acids is 1. The summed E-state index contributed by atoms with van der Waals surface area (Å²) in [5, 5.41) is 21.7. The number of nitrogens with one attached hydrogen (secondary N) is 1. The van der Waals surface area contributed by atoms with E-state index in [1.54, 1.807) is 12.1 Å². The van der Waals surface area contributed by atoms with Crippen molar-refractivity contribution < 1.29 is 19.8 Å². The molecule has 1 amide bonds. The quantitative estimate of drug-likeness (QED) is 0.557. The highest BCUT2D eigenvalue weighted by molar-refractivity contribution is 14.1. The first-order chi connectivity index (χ1) is 9.38. The molecule has 1 fully saturated rings. The summed E-state index contributed by atoms with van der Waals surface area (Å²) in [6.07, 6.45) is 1.68. The molecule has 0 radical (unpaired) electrons. The van der Waals surface area contributed by atoms with E-state index >= 15 is 0 Å². The fourth-order valence-electron chi connectivity index (χ4n) is 2.34. The van der Waals surface area contributed by atoms with Gasteiger partial charge in [-0.05, 0) is 76.6 Å². The number of halogens is 2. The van der Waals surface area contributed by atoms with Crippen LogP contribution in [0.1, 0.15) is 29.6 Å². The van der Waals surface area contributed by atoms with Crippen molar-refractivity contribution >= 4 is 57.1 Å². The van der Waals surface area contributed by atoms with Crippen molar-refractivity contribution in [2.24, 2.45) is 5.92 Å². The number of benzene rings is 1. The second kappa shape index (κ2) is 6.46. The first kappa shape index (κ1) is 15.8. The first-order valence-corrected chi connectivity index (χ1v) is 8.26. The van der Waals surface area contributed by atoms with E-state index < -0.39 is 5.97 Å². The topological polar surface area (TPSA) is 86.6 Å². The Morgan fingerprint density at radius 3 is 2.55 bits per heavy atom. The number of phenols is 1. The third-order valence-electron chi connectivity index (χ3n) is 3.39. The molecule has 20 heavy (non-hydrogen) atoms. The highest BCUT2D eigenvalue weighted by atomic mass is 127. The number of carbonyl (C=O) groups is 2. The Hall–Kier alpha value is -0.580. The number of hydrogen-bond acceptors (Lipinski definition) is 3. The highest BCUT2D eigenvalue weighted by Crippen LogP contribution is 2.29. The van der Waals surface area contributed by atoms with Gasteiger partial charge in [0.2, 0.25) is 0 Å². The van der Waals surface area contributed by atoms with Gasteiger partial charge >= 0.3 is 5.97 Å². The summed E-state index contributed by atoms with van der Waals surface area (Å²) in [6.45, 7) is 0. The molecule has 1 aliphatic rings. The highest BCUT2D eigenvalue weighted by Gasteiger charge is 2.31. The van der Waals surface area contributed by atoms with Crippen LogP contribution >= 0.6 is 45.2 Å². The predicted molar refractivity (Wildman–Crippen MR) is 89.8 cm³/mol. The molecule has 1 saturated carbocycles. The summed E-state index contributed by atoms with van der Waals surface area (Å²) in [6, 6.07) is 3.26. The van der Waals surface area contributed by atoms with Crippen LogP contribution in [0.3, 0.4) is 0 Å². The largest absolute Gasteiger partial charge is 0.506 e. The lowest BCUT2D eigenvalue weighted by Crippen LogP contribution is -2.33. The summed E-state index contributed by atoms with van der Waals surface area (Å²) in [4.78, 5) is 23.1. The second-order valence-corrected chi connectivity index (χ2v) is 7.21. The van der Waals surface area contributed by atoms with E-state index in [1.165, 1.54) is 0 Å². The Bertz CT molecular complexity index is 562. The lowest BCUT2D eigenvalue weighted by Gasteiger charge is -2.14. The zero-order chi connectivity index (χ0) is 14.9. The van der Waals surface area contributed by atoms with Gasteiger partial charge in [-0.15, -0.1) is 0 Å². The van der Waals surface area contributed by atoms with Gasteiger partial charge in [0.15, 0.2) is 0 Å². The molecule has 1 aromatic rings. The molecule has 0 saturated heterocycles. The van der Waals surface area contributed by atoms with Crippen LogP contribution in [0.15, 0.2) is 12.1 Å². The minimum absolute atomic E-state index is 0.0312. The third-order valence-corrected chi connectivity index (χ3v) is 4.84. The zero-order valence-electron chi connectivity index (χ0n) is 10.4. The van der Waals surface area contributed by atoms with E-state index in [1.807, 2.05) is 22.6 Å². The van der Waals surface area contributed by atoms with Crippen LogP contribution in [0.5, 0.6) is 5.75 Å². The van der Waals surface area contributed by atoms with Gasteiger partial charge in [-0.3, -0.25) is 9.59 Å². The molecule has 3 N–H and O–H groups in total. The van der Waals surface area contributed by atoms with Gasteiger partial charge in [-0.1, -0.05) is 0 Å². The minimum atomic E-state index is -0.812. The molecule has 0 spiro atoms. The SMILES string of the molecule is O=C(NC1CCC(C(=O)O)C1)c1cc(I)cc(I)c1O. The van der Waals surface area contributed by atoms with Gasteiger partial charge < -0.3 is 15.5 Å². The van der Waals surface area contributed by atoms with E-state index in [0.717, 1.165) is 3.57 Å². The van der Waals surface area contributed by atoms with Gasteiger partial charge in [-0.2, -0.15) is 0 Å². The fourth-order valence-corrected chi connectivity index (χ4v) is 4.18. The molecule has 0 aliphatic heterocycles. The summed E-state index contributed by atoms with van der Waals surface area (Å²) in [5.74, 6) is -1.58. The Balaban J connectivity index is 2.08. The van der Waals surface area contributed by atoms with Crippen LogP contribution < -0.4 is 5.32 Å². The monoisotopic (exact) mass is 501 g/mol. The molecule has 5 nitrogen and oxygen atoms in total. The molecule has 0 bridgehead atoms. The number of rotatable bonds is 3. The van der Waals surface area contributed by atoms with Crippen LogP contribution in [0.4, 0.5) is 0 Å². The van der Waals surface area contributed by atoms with E-state index in [0.29, 0.717) is 22.8 Å². The number of hydrogen-bond donors (Lipinski definition) is 3. The van der Waals surface area contributed by atoms with E-state index in [-0.39, 0.29) is 29.2 Å². The smallest absolute Gasteiger partial charge is 0.306 e. The number of carboxylic acid groups (broad SMARTS) is 1. The molecule has 108 valence electrons. The molecule has 2 atom stereocenters. The average Bonchev–Trinajstić information content (AvgIpc) is 2.82. The Morgan fingerprint density at radius 1 is 1.25 bits per heavy atom. The maximum absolute atomic E-state index is 12.2. The van der Waals surface area contributed by atoms with E-state index in [9.17, 15) is 14.7 Å². The Kier molecular flexibility index (Phi) is 5.10. The maximum Gasteiger partial charge on any atom is 0.306 e. The first-order valence-electron chi connectivity index (χ1n) is 6.10. The minimum Gasteiger partial charge on any atom is -0.506 e. The molecule has 2 unspecified atom stereocenters. The van der Waals surface area contributed by atoms with Gasteiger partial charge in [0.05, 0.1) is 15.1 Å². The molecule has 1 aromatic carbocycles. The average molecular weight is 501 g/mol. The summed E-state index contributed by atoms with van der Waals surface area (Å²) in [5.41, 5.74) is 0.236. The zero-order valence-corrected chi connectivity index (χ0v) is 14.7. The van der Waals surface area contributed by atoms with Crippen LogP contribution in [0, 0.1) is 13.1 Å². The van der Waals surface area contributed by atoms with Crippen LogP contribution in [-0.2, 0) is 4.79 Å². The number of amides is 1. The number of aliphatic carboxylic acids is 1. The van der Waals surface area contributed by atoms with E-state index in [4.69, 9.17) is 5.11 Å². The normalized spacial score (nSPS) is 21.7. The van der Waals surface area contributed by atoms with Crippen molar-refractivity contribution in [3.05, 3.63) is 24.8 Å². The van der Waals surface area contributed by atoms with Crippen molar-refractivity contribution in [2.75, 3.05) is 0 Å². The van der Waals surface area contributed by atoms with Crippen molar-refractivity contribution in [3.8, 4) is 5.75 Å². The second-order valence-electron chi connectivity index (χ2n) is 4.80. The lowest BCUT2D eigenvalue weighted by atomic mass is 10.1. The Labute approximate surface area is 143 Å². The molecule has 2 rings (SSSR count). The van der Waals surface area contributed by atoms with Crippen molar-refractivity contribution in [1.82, 2.24) is 5.32 Å². The van der Waals surface area contributed by atoms with Crippen LogP contribution in [0.2, 0.25) is 0 Å². The molecular formula is C13H13I2NO4. The molecule has 1 aliphatic carbocycles. The van der Waals surface area contributed by atoms with Crippen molar-refractivity contribution in [2.45, 2.75) is 25.3 Å². The number of carboxylic acids is 1.